The van der Waals surface area contributed by atoms with Crippen LogP contribution in [0.2, 0.25) is 0 Å². The number of aromatic nitrogens is 1. The smallest absolute Gasteiger partial charge is 0.167 e. The Hall–Kier alpha value is -2.55. The van der Waals surface area contributed by atoms with Gasteiger partial charge in [-0.15, -0.1) is 0 Å². The zero-order valence-corrected chi connectivity index (χ0v) is 15.6. The van der Waals surface area contributed by atoms with Gasteiger partial charge in [0.1, 0.15) is 5.75 Å². The molecule has 3 heteroatoms. The van der Waals surface area contributed by atoms with Gasteiger partial charge in [-0.05, 0) is 80.1 Å². The summed E-state index contributed by atoms with van der Waals surface area (Å²) in [6.45, 7) is 11.0. The summed E-state index contributed by atoms with van der Waals surface area (Å²) in [5.41, 5.74) is 8.43. The largest absolute Gasteiger partial charge is 0.493 e. The Balaban J connectivity index is 2.28. The van der Waals surface area contributed by atoms with Crippen molar-refractivity contribution in [2.24, 2.45) is 0 Å². The molecule has 3 aromatic rings. The Bertz CT molecular complexity index is 951. The number of nitrogens with zero attached hydrogens (tertiary/aromatic N) is 1. The lowest BCUT2D eigenvalue weighted by atomic mass is 9.93. The third-order valence-corrected chi connectivity index (χ3v) is 4.99. The lowest BCUT2D eigenvalue weighted by Crippen LogP contribution is -2.01. The van der Waals surface area contributed by atoms with Gasteiger partial charge in [0, 0.05) is 17.3 Å². The van der Waals surface area contributed by atoms with E-state index in [-0.39, 0.29) is 0 Å². The number of carbonyl (C=O) groups excluding carboxylic acids is 1. The monoisotopic (exact) mass is 335 g/mol. The van der Waals surface area contributed by atoms with E-state index in [2.05, 4.69) is 58.2 Å². The standard InChI is InChI=1S/C22H25NO2/c1-6-17-8-9-18-11-20(21(13-24)23(18)12-17)19-10-14(3)22(25-7-2)16(5)15(19)4/h8-13H,6-7H2,1-5H3. The predicted molar refractivity (Wildman–Crippen MR) is 103 cm³/mol. The summed E-state index contributed by atoms with van der Waals surface area (Å²) in [5, 5.41) is 0. The van der Waals surface area contributed by atoms with E-state index in [4.69, 9.17) is 4.74 Å². The van der Waals surface area contributed by atoms with Crippen molar-refractivity contribution in [2.75, 3.05) is 6.61 Å². The Labute approximate surface area is 149 Å². The third-order valence-electron chi connectivity index (χ3n) is 4.99. The van der Waals surface area contributed by atoms with Crippen LogP contribution in [0.5, 0.6) is 5.75 Å². The van der Waals surface area contributed by atoms with Gasteiger partial charge in [0.25, 0.3) is 0 Å². The molecular formula is C22H25NO2. The molecule has 0 amide bonds. The number of hydrogen-bond donors (Lipinski definition) is 0. The van der Waals surface area contributed by atoms with Crippen LogP contribution in [0, 0.1) is 20.8 Å². The van der Waals surface area contributed by atoms with Crippen LogP contribution in [0.4, 0.5) is 0 Å². The van der Waals surface area contributed by atoms with Gasteiger partial charge in [0.05, 0.1) is 12.3 Å². The zero-order chi connectivity index (χ0) is 18.1. The Kier molecular flexibility index (Phi) is 4.67. The molecule has 130 valence electrons. The van der Waals surface area contributed by atoms with Gasteiger partial charge in [-0.3, -0.25) is 4.79 Å². The second-order valence-electron chi connectivity index (χ2n) is 6.50. The minimum absolute atomic E-state index is 0.649. The molecule has 0 bridgehead atoms. The van der Waals surface area contributed by atoms with Crippen LogP contribution in [0.15, 0.2) is 30.5 Å². The second kappa shape index (κ2) is 6.75. The molecule has 0 spiro atoms. The number of aldehydes is 1. The van der Waals surface area contributed by atoms with Crippen molar-refractivity contribution in [1.29, 1.82) is 0 Å². The molecule has 0 aliphatic heterocycles. The Morgan fingerprint density at radius 3 is 2.44 bits per heavy atom. The van der Waals surface area contributed by atoms with Gasteiger partial charge in [-0.1, -0.05) is 13.0 Å². The van der Waals surface area contributed by atoms with Gasteiger partial charge in [-0.2, -0.15) is 0 Å². The number of aryl methyl sites for hydroxylation is 2. The molecule has 25 heavy (non-hydrogen) atoms. The molecule has 3 rings (SSSR count). The van der Waals surface area contributed by atoms with Crippen LogP contribution in [-0.2, 0) is 6.42 Å². The highest BCUT2D eigenvalue weighted by Gasteiger charge is 2.17. The summed E-state index contributed by atoms with van der Waals surface area (Å²) in [6.07, 6.45) is 3.97. The number of benzene rings is 1. The quantitative estimate of drug-likeness (QED) is 0.592. The van der Waals surface area contributed by atoms with E-state index in [1.807, 2.05) is 11.3 Å². The van der Waals surface area contributed by atoms with Gasteiger partial charge in [0.15, 0.2) is 6.29 Å². The van der Waals surface area contributed by atoms with E-state index >= 15 is 0 Å². The van der Waals surface area contributed by atoms with Crippen LogP contribution in [-0.4, -0.2) is 17.3 Å². The Morgan fingerprint density at radius 2 is 1.80 bits per heavy atom. The van der Waals surface area contributed by atoms with Gasteiger partial charge < -0.3 is 9.14 Å². The molecule has 0 aliphatic carbocycles. The molecule has 0 aliphatic rings. The van der Waals surface area contributed by atoms with Gasteiger partial charge in [-0.25, -0.2) is 0 Å². The van der Waals surface area contributed by atoms with Crippen LogP contribution in [0.25, 0.3) is 16.6 Å². The summed E-state index contributed by atoms with van der Waals surface area (Å²) >= 11 is 0. The summed E-state index contributed by atoms with van der Waals surface area (Å²) in [6, 6.07) is 8.44. The number of carbonyl (C=O) groups is 1. The molecule has 0 saturated heterocycles. The normalized spacial score (nSPS) is 11.1. The van der Waals surface area contributed by atoms with Crippen molar-refractivity contribution in [1.82, 2.24) is 4.40 Å². The molecule has 0 unspecified atom stereocenters. The molecule has 2 heterocycles. The maximum atomic E-state index is 11.9. The zero-order valence-electron chi connectivity index (χ0n) is 15.6. The second-order valence-corrected chi connectivity index (χ2v) is 6.50. The first-order valence-corrected chi connectivity index (χ1v) is 8.84. The molecule has 3 nitrogen and oxygen atoms in total. The van der Waals surface area contributed by atoms with Gasteiger partial charge >= 0.3 is 0 Å². The minimum Gasteiger partial charge on any atom is -0.493 e. The van der Waals surface area contributed by atoms with Crippen molar-refractivity contribution in [2.45, 2.75) is 41.0 Å². The first-order chi connectivity index (χ1) is 12.0. The molecule has 0 fully saturated rings. The van der Waals surface area contributed by atoms with Crippen molar-refractivity contribution >= 4 is 11.8 Å². The fourth-order valence-electron chi connectivity index (χ4n) is 3.48. The summed E-state index contributed by atoms with van der Waals surface area (Å²) in [5.74, 6) is 0.952. The van der Waals surface area contributed by atoms with E-state index in [1.165, 1.54) is 5.56 Å². The molecule has 0 N–H and O–H groups in total. The molecule has 0 radical (unpaired) electrons. The number of pyridine rings is 1. The van der Waals surface area contributed by atoms with Crippen LogP contribution >= 0.6 is 0 Å². The van der Waals surface area contributed by atoms with Crippen LogP contribution in [0.1, 0.15) is 46.6 Å². The fraction of sp³-hybridized carbons (Fsp3) is 0.318. The number of hydrogen-bond acceptors (Lipinski definition) is 2. The molecule has 1 aromatic carbocycles. The number of rotatable bonds is 5. The first kappa shape index (κ1) is 17.3. The lowest BCUT2D eigenvalue weighted by Gasteiger charge is -2.16. The number of ether oxygens (including phenoxy) is 1. The summed E-state index contributed by atoms with van der Waals surface area (Å²) < 4.78 is 7.81. The average Bonchev–Trinajstić information content (AvgIpc) is 2.98. The molecule has 2 aromatic heterocycles. The van der Waals surface area contributed by atoms with Gasteiger partial charge in [0.2, 0.25) is 0 Å². The summed E-state index contributed by atoms with van der Waals surface area (Å²) in [7, 11) is 0. The SMILES string of the molecule is CCOc1c(C)cc(-c2cc3ccc(CC)cn3c2C=O)c(C)c1C. The Morgan fingerprint density at radius 1 is 1.04 bits per heavy atom. The van der Waals surface area contributed by atoms with Crippen LogP contribution < -0.4 is 4.74 Å². The highest BCUT2D eigenvalue weighted by Crippen LogP contribution is 2.37. The van der Waals surface area contributed by atoms with E-state index < -0.39 is 0 Å². The van der Waals surface area contributed by atoms with E-state index in [0.29, 0.717) is 12.3 Å². The van der Waals surface area contributed by atoms with Crippen molar-refractivity contribution < 1.29 is 9.53 Å². The third kappa shape index (κ3) is 2.84. The van der Waals surface area contributed by atoms with E-state index in [9.17, 15) is 4.79 Å². The molecular weight excluding hydrogens is 310 g/mol. The predicted octanol–water partition coefficient (Wildman–Crippen LogP) is 5.31. The molecule has 0 saturated carbocycles. The maximum absolute atomic E-state index is 11.9. The highest BCUT2D eigenvalue weighted by atomic mass is 16.5. The van der Waals surface area contributed by atoms with Crippen molar-refractivity contribution in [3.63, 3.8) is 0 Å². The fourth-order valence-corrected chi connectivity index (χ4v) is 3.48. The minimum atomic E-state index is 0.649. The van der Waals surface area contributed by atoms with E-state index in [1.54, 1.807) is 0 Å². The average molecular weight is 335 g/mol. The molecule has 0 atom stereocenters. The van der Waals surface area contributed by atoms with Crippen LogP contribution in [0.3, 0.4) is 0 Å². The highest BCUT2D eigenvalue weighted by molar-refractivity contribution is 5.91. The number of fused-ring (bicyclic) bond motifs is 1. The van der Waals surface area contributed by atoms with Crippen molar-refractivity contribution in [3.8, 4) is 16.9 Å². The maximum Gasteiger partial charge on any atom is 0.167 e. The first-order valence-electron chi connectivity index (χ1n) is 8.84. The topological polar surface area (TPSA) is 30.7 Å². The summed E-state index contributed by atoms with van der Waals surface area (Å²) in [4.78, 5) is 11.9. The van der Waals surface area contributed by atoms with E-state index in [0.717, 1.165) is 51.8 Å². The lowest BCUT2D eigenvalue weighted by molar-refractivity contribution is 0.111. The van der Waals surface area contributed by atoms with Crippen molar-refractivity contribution in [3.05, 3.63) is 58.4 Å².